The highest BCUT2D eigenvalue weighted by Gasteiger charge is 2.26. The predicted molar refractivity (Wildman–Crippen MR) is 94.4 cm³/mol. The third kappa shape index (κ3) is 4.92. The zero-order valence-electron chi connectivity index (χ0n) is 14.5. The van der Waals surface area contributed by atoms with Crippen LogP contribution in [0.4, 0.5) is 5.69 Å². The monoisotopic (exact) mass is 346 g/mol. The Morgan fingerprint density at radius 2 is 1.68 bits per heavy atom. The first-order valence-electron chi connectivity index (χ1n) is 8.98. The highest BCUT2D eigenvalue weighted by atomic mass is 16.4. The molecule has 0 unspecified atom stereocenters. The first kappa shape index (κ1) is 17.7. The summed E-state index contributed by atoms with van der Waals surface area (Å²) in [6, 6.07) is 4.03. The largest absolute Gasteiger partial charge is 0.481 e. The first-order valence-corrected chi connectivity index (χ1v) is 8.98. The van der Waals surface area contributed by atoms with Gasteiger partial charge >= 0.3 is 5.97 Å². The van der Waals surface area contributed by atoms with Crippen molar-refractivity contribution in [3.8, 4) is 0 Å². The minimum atomic E-state index is -0.739. The number of carbonyl (C=O) groups is 2. The summed E-state index contributed by atoms with van der Waals surface area (Å²) < 4.78 is 0. The fraction of sp³-hybridized carbons (Fsp3) is 0.611. The van der Waals surface area contributed by atoms with Crippen molar-refractivity contribution in [3.63, 3.8) is 0 Å². The van der Waals surface area contributed by atoms with Crippen molar-refractivity contribution in [2.45, 2.75) is 19.3 Å². The van der Waals surface area contributed by atoms with Crippen LogP contribution in [-0.2, 0) is 9.59 Å². The molecule has 0 atom stereocenters. The maximum Gasteiger partial charge on any atom is 0.303 e. The molecule has 3 heterocycles. The fourth-order valence-corrected chi connectivity index (χ4v) is 3.64. The smallest absolute Gasteiger partial charge is 0.303 e. The van der Waals surface area contributed by atoms with Crippen molar-refractivity contribution in [3.05, 3.63) is 24.5 Å². The maximum absolute atomic E-state index is 12.5. The molecule has 136 valence electrons. The van der Waals surface area contributed by atoms with Gasteiger partial charge < -0.3 is 14.9 Å². The van der Waals surface area contributed by atoms with Gasteiger partial charge in [0, 0.05) is 63.8 Å². The molecule has 0 radical (unpaired) electrons. The van der Waals surface area contributed by atoms with E-state index in [1.165, 1.54) is 5.69 Å². The Balaban J connectivity index is 1.40. The van der Waals surface area contributed by atoms with Gasteiger partial charge in [0.05, 0.1) is 6.54 Å². The van der Waals surface area contributed by atoms with Gasteiger partial charge in [-0.2, -0.15) is 0 Å². The van der Waals surface area contributed by atoms with E-state index >= 15 is 0 Å². The third-order valence-corrected chi connectivity index (χ3v) is 5.19. The number of rotatable bonds is 5. The van der Waals surface area contributed by atoms with Gasteiger partial charge in [-0.1, -0.05) is 0 Å². The van der Waals surface area contributed by atoms with Gasteiger partial charge in [-0.25, -0.2) is 0 Å². The van der Waals surface area contributed by atoms with Crippen LogP contribution in [0.2, 0.25) is 0 Å². The highest BCUT2D eigenvalue weighted by Crippen LogP contribution is 2.21. The van der Waals surface area contributed by atoms with E-state index in [9.17, 15) is 9.59 Å². The Hall–Kier alpha value is -2.15. The van der Waals surface area contributed by atoms with E-state index < -0.39 is 5.97 Å². The molecular weight excluding hydrogens is 320 g/mol. The molecule has 1 aromatic rings. The molecular formula is C18H26N4O3. The summed E-state index contributed by atoms with van der Waals surface area (Å²) in [4.78, 5) is 33.7. The molecule has 1 aromatic heterocycles. The van der Waals surface area contributed by atoms with Crippen LogP contribution in [0.25, 0.3) is 0 Å². The quantitative estimate of drug-likeness (QED) is 0.854. The number of hydrogen-bond donors (Lipinski definition) is 1. The molecule has 25 heavy (non-hydrogen) atoms. The van der Waals surface area contributed by atoms with Gasteiger partial charge in [0.15, 0.2) is 0 Å². The third-order valence-electron chi connectivity index (χ3n) is 5.19. The molecule has 0 saturated carbocycles. The molecule has 0 aliphatic carbocycles. The molecule has 2 fully saturated rings. The molecule has 7 nitrogen and oxygen atoms in total. The minimum Gasteiger partial charge on any atom is -0.481 e. The number of amides is 1. The van der Waals surface area contributed by atoms with Crippen LogP contribution in [-0.4, -0.2) is 77.6 Å². The van der Waals surface area contributed by atoms with Crippen LogP contribution < -0.4 is 4.90 Å². The van der Waals surface area contributed by atoms with E-state index in [0.717, 1.165) is 39.0 Å². The summed E-state index contributed by atoms with van der Waals surface area (Å²) in [6.45, 7) is 5.43. The van der Waals surface area contributed by atoms with Crippen LogP contribution in [0.15, 0.2) is 24.5 Å². The van der Waals surface area contributed by atoms with E-state index in [0.29, 0.717) is 19.6 Å². The van der Waals surface area contributed by atoms with Crippen molar-refractivity contribution in [1.29, 1.82) is 0 Å². The zero-order chi connectivity index (χ0) is 17.6. The number of carboxylic acid groups (broad SMARTS) is 1. The van der Waals surface area contributed by atoms with Crippen molar-refractivity contribution in [2.75, 3.05) is 50.7 Å². The van der Waals surface area contributed by atoms with Crippen molar-refractivity contribution in [2.24, 2.45) is 5.92 Å². The molecule has 2 aliphatic heterocycles. The standard InChI is InChI=1S/C18H26N4O3/c23-17(22-7-3-15(4-8-22)13-18(24)25)14-20-9-11-21(12-10-20)16-1-5-19-6-2-16/h1-2,5-6,15H,3-4,7-14H2,(H,24,25). The molecule has 0 spiro atoms. The number of piperazine rings is 1. The molecule has 1 N–H and O–H groups in total. The highest BCUT2D eigenvalue weighted by molar-refractivity contribution is 5.78. The molecule has 2 aliphatic rings. The van der Waals surface area contributed by atoms with Crippen molar-refractivity contribution >= 4 is 17.6 Å². The van der Waals surface area contributed by atoms with E-state index in [1.54, 1.807) is 12.4 Å². The Morgan fingerprint density at radius 3 is 2.28 bits per heavy atom. The topological polar surface area (TPSA) is 77.0 Å². The number of carbonyl (C=O) groups excluding carboxylic acids is 1. The SMILES string of the molecule is O=C(O)CC1CCN(C(=O)CN2CCN(c3ccncc3)CC2)CC1. The second-order valence-electron chi connectivity index (χ2n) is 6.89. The lowest BCUT2D eigenvalue weighted by Gasteiger charge is -2.37. The average molecular weight is 346 g/mol. The lowest BCUT2D eigenvalue weighted by molar-refractivity contribution is -0.138. The van der Waals surface area contributed by atoms with Gasteiger partial charge in [0.25, 0.3) is 0 Å². The molecule has 1 amide bonds. The number of likely N-dealkylation sites (tertiary alicyclic amines) is 1. The van der Waals surface area contributed by atoms with Gasteiger partial charge in [0.1, 0.15) is 0 Å². The molecule has 0 bridgehead atoms. The number of pyridine rings is 1. The second-order valence-corrected chi connectivity index (χ2v) is 6.89. The first-order chi connectivity index (χ1) is 12.1. The minimum absolute atomic E-state index is 0.172. The normalized spacial score (nSPS) is 19.8. The lowest BCUT2D eigenvalue weighted by Crippen LogP contribution is -2.51. The van der Waals surface area contributed by atoms with E-state index in [4.69, 9.17) is 5.11 Å². The second kappa shape index (κ2) is 8.29. The van der Waals surface area contributed by atoms with E-state index in [2.05, 4.69) is 14.8 Å². The van der Waals surface area contributed by atoms with Gasteiger partial charge in [-0.3, -0.25) is 19.5 Å². The average Bonchev–Trinajstić information content (AvgIpc) is 2.63. The Bertz CT molecular complexity index is 579. The van der Waals surface area contributed by atoms with Gasteiger partial charge in [-0.15, -0.1) is 0 Å². The Labute approximate surface area is 148 Å². The summed E-state index contributed by atoms with van der Waals surface area (Å²) in [5, 5.41) is 8.87. The number of hydrogen-bond acceptors (Lipinski definition) is 5. The number of nitrogens with zero attached hydrogens (tertiary/aromatic N) is 4. The Kier molecular flexibility index (Phi) is 5.86. The fourth-order valence-electron chi connectivity index (χ4n) is 3.64. The van der Waals surface area contributed by atoms with Crippen LogP contribution in [0.5, 0.6) is 0 Å². The maximum atomic E-state index is 12.5. The summed E-state index contributed by atoms with van der Waals surface area (Å²) in [7, 11) is 0. The number of aromatic nitrogens is 1. The predicted octanol–water partition coefficient (Wildman–Crippen LogP) is 0.917. The number of carboxylic acids is 1. The van der Waals surface area contributed by atoms with Gasteiger partial charge in [0.2, 0.25) is 5.91 Å². The molecule has 0 aromatic carbocycles. The van der Waals surface area contributed by atoms with Crippen LogP contribution in [0.1, 0.15) is 19.3 Å². The number of piperidine rings is 1. The molecule has 7 heteroatoms. The number of anilines is 1. The van der Waals surface area contributed by atoms with Crippen LogP contribution >= 0.6 is 0 Å². The van der Waals surface area contributed by atoms with E-state index in [1.807, 2.05) is 17.0 Å². The Morgan fingerprint density at radius 1 is 1.04 bits per heavy atom. The summed E-state index contributed by atoms with van der Waals surface area (Å²) in [6.07, 6.45) is 5.43. The van der Waals surface area contributed by atoms with Crippen molar-refractivity contribution < 1.29 is 14.7 Å². The summed E-state index contributed by atoms with van der Waals surface area (Å²) >= 11 is 0. The van der Waals surface area contributed by atoms with Crippen LogP contribution in [0, 0.1) is 5.92 Å². The van der Waals surface area contributed by atoms with E-state index in [-0.39, 0.29) is 18.2 Å². The number of aliphatic carboxylic acids is 1. The summed E-state index contributed by atoms with van der Waals surface area (Å²) in [5.41, 5.74) is 1.18. The van der Waals surface area contributed by atoms with Crippen LogP contribution in [0.3, 0.4) is 0 Å². The lowest BCUT2D eigenvalue weighted by atomic mass is 9.93. The van der Waals surface area contributed by atoms with Crippen molar-refractivity contribution in [1.82, 2.24) is 14.8 Å². The molecule has 3 rings (SSSR count). The molecule has 2 saturated heterocycles. The van der Waals surface area contributed by atoms with Gasteiger partial charge in [-0.05, 0) is 30.9 Å². The summed E-state index contributed by atoms with van der Waals surface area (Å²) in [5.74, 6) is -0.353. The zero-order valence-corrected chi connectivity index (χ0v) is 14.5.